The summed E-state index contributed by atoms with van der Waals surface area (Å²) in [5.41, 5.74) is 3.51. The van der Waals surface area contributed by atoms with Crippen molar-refractivity contribution in [3.8, 4) is 0 Å². The summed E-state index contributed by atoms with van der Waals surface area (Å²) < 4.78 is 13.4. The molecule has 0 radical (unpaired) electrons. The molecule has 3 heteroatoms. The van der Waals surface area contributed by atoms with Gasteiger partial charge in [-0.25, -0.2) is 4.39 Å². The van der Waals surface area contributed by atoms with Gasteiger partial charge in [-0.2, -0.15) is 0 Å². The summed E-state index contributed by atoms with van der Waals surface area (Å²) >= 11 is 5.76. The monoisotopic (exact) mass is 223 g/mol. The smallest absolute Gasteiger partial charge is 0.142 e. The molecule has 0 unspecified atom stereocenters. The van der Waals surface area contributed by atoms with E-state index in [9.17, 15) is 4.39 Å². The summed E-state index contributed by atoms with van der Waals surface area (Å²) in [7, 11) is 0. The van der Waals surface area contributed by atoms with E-state index in [1.54, 1.807) is 12.1 Å². The molecule has 0 fully saturated rings. The molecule has 78 valence electrons. The van der Waals surface area contributed by atoms with Crippen molar-refractivity contribution in [2.45, 2.75) is 25.7 Å². The predicted molar refractivity (Wildman–Crippen MR) is 59.9 cm³/mol. The minimum atomic E-state index is -0.323. The molecule has 0 spiro atoms. The first-order valence-corrected chi connectivity index (χ1v) is 5.62. The highest BCUT2D eigenvalue weighted by Gasteiger charge is 2.16. The summed E-state index contributed by atoms with van der Waals surface area (Å²) in [6, 6.07) is 3.24. The van der Waals surface area contributed by atoms with Gasteiger partial charge >= 0.3 is 0 Å². The van der Waals surface area contributed by atoms with Crippen LogP contribution in [0.1, 0.15) is 24.1 Å². The Morgan fingerprint density at radius 2 is 2.00 bits per heavy atom. The second kappa shape index (κ2) is 3.24. The molecule has 0 atom stereocenters. The first-order chi connectivity index (χ1) is 7.25. The van der Waals surface area contributed by atoms with E-state index in [0.29, 0.717) is 0 Å². The highest BCUT2D eigenvalue weighted by Crippen LogP contribution is 2.31. The average molecular weight is 224 g/mol. The fraction of sp³-hybridized carbons (Fsp3) is 0.333. The molecule has 1 heterocycles. The van der Waals surface area contributed by atoms with Crippen molar-refractivity contribution in [3.63, 3.8) is 0 Å². The van der Waals surface area contributed by atoms with Crippen LogP contribution in [0.4, 0.5) is 4.39 Å². The number of aromatic amines is 1. The Labute approximate surface area is 92.2 Å². The van der Waals surface area contributed by atoms with Crippen LogP contribution in [0.2, 0.25) is 5.02 Å². The molecule has 1 aliphatic rings. The molecule has 1 aliphatic carbocycles. The molecule has 15 heavy (non-hydrogen) atoms. The molecule has 1 nitrogen and oxygen atoms in total. The van der Waals surface area contributed by atoms with Crippen molar-refractivity contribution >= 4 is 22.5 Å². The van der Waals surface area contributed by atoms with E-state index in [0.717, 1.165) is 23.7 Å². The van der Waals surface area contributed by atoms with E-state index in [1.165, 1.54) is 24.1 Å². The maximum Gasteiger partial charge on any atom is 0.142 e. The quantitative estimate of drug-likeness (QED) is 0.699. The van der Waals surface area contributed by atoms with E-state index < -0.39 is 0 Å². The van der Waals surface area contributed by atoms with Gasteiger partial charge in [0.05, 0.1) is 5.02 Å². The summed E-state index contributed by atoms with van der Waals surface area (Å²) in [4.78, 5) is 3.33. The molecule has 1 N–H and O–H groups in total. The van der Waals surface area contributed by atoms with Crippen LogP contribution in [-0.4, -0.2) is 4.98 Å². The van der Waals surface area contributed by atoms with Crippen LogP contribution in [0, 0.1) is 5.82 Å². The Bertz CT molecular complexity index is 530. The highest BCUT2D eigenvalue weighted by molar-refractivity contribution is 6.31. The normalized spacial score (nSPS) is 15.6. The standard InChI is InChI=1S/C12H11ClFN/c13-9-6-12-8(5-10(9)14)7-3-1-2-4-11(7)15-12/h5-6,15H,1-4H2. The van der Waals surface area contributed by atoms with Crippen molar-refractivity contribution in [2.75, 3.05) is 0 Å². The van der Waals surface area contributed by atoms with Crippen LogP contribution < -0.4 is 0 Å². The summed E-state index contributed by atoms with van der Waals surface area (Å²) in [5.74, 6) is -0.323. The molecule has 3 rings (SSSR count). The number of aromatic nitrogens is 1. The van der Waals surface area contributed by atoms with Crippen LogP contribution in [0.25, 0.3) is 10.9 Å². The number of hydrogen-bond acceptors (Lipinski definition) is 0. The minimum absolute atomic E-state index is 0.195. The Balaban J connectivity index is 2.33. The van der Waals surface area contributed by atoms with E-state index in [1.807, 2.05) is 0 Å². The van der Waals surface area contributed by atoms with Crippen molar-refractivity contribution < 1.29 is 4.39 Å². The third-order valence-corrected chi connectivity index (χ3v) is 3.43. The topological polar surface area (TPSA) is 15.8 Å². The van der Waals surface area contributed by atoms with E-state index in [-0.39, 0.29) is 10.8 Å². The van der Waals surface area contributed by atoms with Gasteiger partial charge in [-0.1, -0.05) is 11.6 Å². The maximum absolute atomic E-state index is 13.4. The molecular weight excluding hydrogens is 213 g/mol. The Morgan fingerprint density at radius 1 is 1.20 bits per heavy atom. The van der Waals surface area contributed by atoms with E-state index in [2.05, 4.69) is 4.98 Å². The van der Waals surface area contributed by atoms with Crippen LogP contribution in [0.3, 0.4) is 0 Å². The Hall–Kier alpha value is -1.02. The molecule has 1 aromatic carbocycles. The fourth-order valence-corrected chi connectivity index (χ4v) is 2.57. The van der Waals surface area contributed by atoms with Gasteiger partial charge in [0.25, 0.3) is 0 Å². The predicted octanol–water partition coefficient (Wildman–Crippen LogP) is 3.84. The van der Waals surface area contributed by atoms with Crippen LogP contribution in [-0.2, 0) is 12.8 Å². The van der Waals surface area contributed by atoms with Gasteiger partial charge in [-0.3, -0.25) is 0 Å². The van der Waals surface area contributed by atoms with Crippen molar-refractivity contribution in [1.82, 2.24) is 4.98 Å². The fourth-order valence-electron chi connectivity index (χ4n) is 2.40. The number of rotatable bonds is 0. The molecule has 1 aromatic heterocycles. The Kier molecular flexibility index (Phi) is 1.99. The molecule has 0 amide bonds. The van der Waals surface area contributed by atoms with Gasteiger partial charge in [0.2, 0.25) is 0 Å². The molecule has 2 aromatic rings. The highest BCUT2D eigenvalue weighted by atomic mass is 35.5. The largest absolute Gasteiger partial charge is 0.358 e. The second-order valence-corrected chi connectivity index (χ2v) is 4.51. The zero-order valence-corrected chi connectivity index (χ0v) is 8.99. The summed E-state index contributed by atoms with van der Waals surface area (Å²) in [6.07, 6.45) is 4.54. The molecule has 0 saturated heterocycles. The lowest BCUT2D eigenvalue weighted by molar-refractivity contribution is 0.630. The first kappa shape index (κ1) is 9.22. The zero-order valence-electron chi connectivity index (χ0n) is 8.24. The van der Waals surface area contributed by atoms with Gasteiger partial charge in [0.15, 0.2) is 0 Å². The van der Waals surface area contributed by atoms with Crippen molar-refractivity contribution in [1.29, 1.82) is 0 Å². The van der Waals surface area contributed by atoms with E-state index >= 15 is 0 Å². The second-order valence-electron chi connectivity index (χ2n) is 4.10. The summed E-state index contributed by atoms with van der Waals surface area (Å²) in [5, 5.41) is 1.20. The number of aryl methyl sites for hydroxylation is 2. The number of benzene rings is 1. The molecule has 0 saturated carbocycles. The van der Waals surface area contributed by atoms with Crippen LogP contribution in [0.5, 0.6) is 0 Å². The van der Waals surface area contributed by atoms with Crippen LogP contribution >= 0.6 is 11.6 Å². The number of fused-ring (bicyclic) bond motifs is 3. The maximum atomic E-state index is 13.4. The van der Waals surface area contributed by atoms with Crippen molar-refractivity contribution in [2.24, 2.45) is 0 Å². The molecule has 0 bridgehead atoms. The SMILES string of the molecule is Fc1cc2c3c([nH]c2cc1Cl)CCCC3. The lowest BCUT2D eigenvalue weighted by Gasteiger charge is -2.10. The number of nitrogens with one attached hydrogen (secondary N) is 1. The lowest BCUT2D eigenvalue weighted by Crippen LogP contribution is -1.99. The average Bonchev–Trinajstić information content (AvgIpc) is 2.57. The molecular formula is C12H11ClFN. The molecule has 0 aliphatic heterocycles. The van der Waals surface area contributed by atoms with E-state index in [4.69, 9.17) is 11.6 Å². The Morgan fingerprint density at radius 3 is 2.87 bits per heavy atom. The van der Waals surface area contributed by atoms with Gasteiger partial charge in [0.1, 0.15) is 5.82 Å². The summed E-state index contributed by atoms with van der Waals surface area (Å²) in [6.45, 7) is 0. The number of hydrogen-bond donors (Lipinski definition) is 1. The third-order valence-electron chi connectivity index (χ3n) is 3.14. The van der Waals surface area contributed by atoms with Gasteiger partial charge < -0.3 is 4.98 Å². The van der Waals surface area contributed by atoms with Crippen molar-refractivity contribution in [3.05, 3.63) is 34.2 Å². The lowest BCUT2D eigenvalue weighted by atomic mass is 9.96. The van der Waals surface area contributed by atoms with Gasteiger partial charge in [-0.05, 0) is 43.4 Å². The number of H-pyrrole nitrogens is 1. The zero-order chi connectivity index (χ0) is 10.4. The van der Waals surface area contributed by atoms with Gasteiger partial charge in [-0.15, -0.1) is 0 Å². The number of halogens is 2. The van der Waals surface area contributed by atoms with Crippen LogP contribution in [0.15, 0.2) is 12.1 Å². The first-order valence-electron chi connectivity index (χ1n) is 5.24. The third kappa shape index (κ3) is 1.36. The minimum Gasteiger partial charge on any atom is -0.358 e. The van der Waals surface area contributed by atoms with Gasteiger partial charge in [0, 0.05) is 16.6 Å².